The smallest absolute Gasteiger partial charge is 0.317 e. The molecular formula is C30H37F2N7O2. The lowest BCUT2D eigenvalue weighted by Crippen LogP contribution is -2.41. The highest BCUT2D eigenvalue weighted by molar-refractivity contribution is 5.78. The zero-order valence-corrected chi connectivity index (χ0v) is 23.7. The first-order chi connectivity index (χ1) is 19.9. The Labute approximate surface area is 238 Å². The van der Waals surface area contributed by atoms with E-state index in [1.807, 2.05) is 11.0 Å². The fraction of sp³-hybridized carbons (Fsp3) is 0.567. The van der Waals surface area contributed by atoms with E-state index in [9.17, 15) is 13.6 Å². The van der Waals surface area contributed by atoms with Crippen LogP contribution < -0.4 is 10.2 Å². The molecular weight excluding hydrogens is 528 g/mol. The SMILES string of the molecule is CNC(=O)N1CCc2c(c(N3CCCc4cc(-c5cnn(C)c5)c(C(F)F)cc43)nn2C2C[C@]23CCCOCC3)C1. The van der Waals surface area contributed by atoms with Gasteiger partial charge in [0.15, 0.2) is 5.82 Å². The van der Waals surface area contributed by atoms with Crippen LogP contribution >= 0.6 is 0 Å². The predicted molar refractivity (Wildman–Crippen MR) is 150 cm³/mol. The average molecular weight is 566 g/mol. The van der Waals surface area contributed by atoms with E-state index in [1.54, 1.807) is 37.2 Å². The first kappa shape index (κ1) is 26.4. The topological polar surface area (TPSA) is 80.5 Å². The molecule has 1 unspecified atom stereocenters. The number of halogens is 2. The Morgan fingerprint density at radius 2 is 2.05 bits per heavy atom. The van der Waals surface area contributed by atoms with Gasteiger partial charge in [-0.25, -0.2) is 13.6 Å². The summed E-state index contributed by atoms with van der Waals surface area (Å²) in [7, 11) is 3.44. The number of carbonyl (C=O) groups excluding carboxylic acids is 1. The van der Waals surface area contributed by atoms with Crippen molar-refractivity contribution in [2.45, 2.75) is 64.0 Å². The predicted octanol–water partition coefficient (Wildman–Crippen LogP) is 5.13. The highest BCUT2D eigenvalue weighted by Gasteiger charge is 2.56. The third kappa shape index (κ3) is 4.49. The second-order valence-electron chi connectivity index (χ2n) is 12.0. The van der Waals surface area contributed by atoms with Gasteiger partial charge in [0.2, 0.25) is 0 Å². The van der Waals surface area contributed by atoms with Crippen LogP contribution in [0.3, 0.4) is 0 Å². The van der Waals surface area contributed by atoms with Gasteiger partial charge in [0.1, 0.15) is 0 Å². The molecule has 1 spiro atoms. The molecule has 1 aliphatic carbocycles. The summed E-state index contributed by atoms with van der Waals surface area (Å²) >= 11 is 0. The van der Waals surface area contributed by atoms with Crippen LogP contribution in [0.5, 0.6) is 0 Å². The monoisotopic (exact) mass is 565 g/mol. The molecule has 1 aromatic carbocycles. The number of hydrogen-bond donors (Lipinski definition) is 1. The lowest BCUT2D eigenvalue weighted by atomic mass is 9.92. The minimum absolute atomic E-state index is 0.00328. The van der Waals surface area contributed by atoms with Gasteiger partial charge >= 0.3 is 6.03 Å². The maximum Gasteiger partial charge on any atom is 0.317 e. The molecule has 2 amide bonds. The second-order valence-corrected chi connectivity index (χ2v) is 12.0. The van der Waals surface area contributed by atoms with Gasteiger partial charge in [-0.15, -0.1) is 0 Å². The molecule has 218 valence electrons. The third-order valence-electron chi connectivity index (χ3n) is 9.59. The van der Waals surface area contributed by atoms with E-state index in [-0.39, 0.29) is 17.0 Å². The Bertz CT molecular complexity index is 1470. The van der Waals surface area contributed by atoms with Crippen LogP contribution in [0.1, 0.15) is 67.0 Å². The molecule has 3 aromatic rings. The summed E-state index contributed by atoms with van der Waals surface area (Å²) in [5.41, 5.74) is 5.48. The number of hydrogen-bond acceptors (Lipinski definition) is 5. The van der Waals surface area contributed by atoms with E-state index in [2.05, 4.69) is 20.0 Å². The molecule has 5 heterocycles. The quantitative estimate of drug-likeness (QED) is 0.474. The normalized spacial score (nSPS) is 23.9. The molecule has 4 aliphatic rings. The number of nitrogens with one attached hydrogen (secondary N) is 1. The maximum absolute atomic E-state index is 14.5. The van der Waals surface area contributed by atoms with Crippen molar-refractivity contribution < 1.29 is 18.3 Å². The molecule has 1 saturated heterocycles. The van der Waals surface area contributed by atoms with Crippen molar-refractivity contribution in [1.82, 2.24) is 29.8 Å². The number of aromatic nitrogens is 4. The van der Waals surface area contributed by atoms with E-state index < -0.39 is 6.43 Å². The number of amides is 2. The summed E-state index contributed by atoms with van der Waals surface area (Å²) in [6.45, 7) is 3.37. The molecule has 1 N–H and O–H groups in total. The van der Waals surface area contributed by atoms with Crippen LogP contribution in [0.15, 0.2) is 24.5 Å². The zero-order valence-electron chi connectivity index (χ0n) is 23.7. The summed E-state index contributed by atoms with van der Waals surface area (Å²) in [4.78, 5) is 16.6. The number of carbonyl (C=O) groups is 1. The molecule has 0 bridgehead atoms. The molecule has 7 rings (SSSR count). The Balaban J connectivity index is 1.32. The standard InChI is InChI=1S/C30H37F2N7O2/c1-33-29(40)37-10-6-24-23(18-37)28(35-39(24)26-15-30(26)7-4-11-41-12-8-30)38-9-3-5-19-13-21(20-16-34-36(2)17-20)22(27(31)32)14-25(19)38/h13-14,16-17,26-27H,3-12,15,18H2,1-2H3,(H,33,40)/t26?,30-/m1/s1. The molecule has 41 heavy (non-hydrogen) atoms. The van der Waals surface area contributed by atoms with Gasteiger partial charge in [0.05, 0.1) is 18.8 Å². The van der Waals surface area contributed by atoms with Crippen molar-refractivity contribution in [3.8, 4) is 11.1 Å². The Morgan fingerprint density at radius 1 is 1.17 bits per heavy atom. The van der Waals surface area contributed by atoms with Crippen LogP contribution in [0, 0.1) is 5.41 Å². The summed E-state index contributed by atoms with van der Waals surface area (Å²) in [5, 5.41) is 12.3. The second kappa shape index (κ2) is 10.1. The highest BCUT2D eigenvalue weighted by atomic mass is 19.3. The van der Waals surface area contributed by atoms with Crippen LogP contribution in [-0.4, -0.2) is 63.8 Å². The molecule has 2 atom stereocenters. The van der Waals surface area contributed by atoms with E-state index in [4.69, 9.17) is 9.84 Å². The largest absolute Gasteiger partial charge is 0.381 e. The van der Waals surface area contributed by atoms with E-state index in [0.717, 1.165) is 80.8 Å². The molecule has 1 saturated carbocycles. The van der Waals surface area contributed by atoms with Gasteiger partial charge in [-0.1, -0.05) is 0 Å². The van der Waals surface area contributed by atoms with E-state index in [0.29, 0.717) is 36.8 Å². The number of benzene rings is 1. The molecule has 2 aromatic heterocycles. The molecule has 9 nitrogen and oxygen atoms in total. The number of rotatable bonds is 4. The number of ether oxygens (including phenoxy) is 1. The number of alkyl halides is 2. The number of fused-ring (bicyclic) bond motifs is 2. The number of anilines is 2. The first-order valence-electron chi connectivity index (χ1n) is 14.7. The van der Waals surface area contributed by atoms with Crippen LogP contribution in [0.2, 0.25) is 0 Å². The lowest BCUT2D eigenvalue weighted by molar-refractivity contribution is 0.139. The van der Waals surface area contributed by atoms with Crippen LogP contribution in [0.4, 0.5) is 25.1 Å². The van der Waals surface area contributed by atoms with Crippen molar-refractivity contribution in [3.63, 3.8) is 0 Å². The summed E-state index contributed by atoms with van der Waals surface area (Å²) in [6.07, 6.45) is 7.53. The fourth-order valence-corrected chi connectivity index (χ4v) is 7.33. The number of nitrogens with zero attached hydrogens (tertiary/aromatic N) is 6. The van der Waals surface area contributed by atoms with Gasteiger partial charge in [0, 0.05) is 81.1 Å². The van der Waals surface area contributed by atoms with Crippen LogP contribution in [-0.2, 0) is 31.2 Å². The first-order valence-corrected chi connectivity index (χ1v) is 14.7. The number of urea groups is 1. The average Bonchev–Trinajstić information content (AvgIpc) is 3.43. The van der Waals surface area contributed by atoms with Gasteiger partial charge in [-0.05, 0) is 67.2 Å². The van der Waals surface area contributed by atoms with E-state index in [1.165, 1.54) is 5.69 Å². The molecule has 3 aliphatic heterocycles. The number of aryl methyl sites for hydroxylation is 2. The van der Waals surface area contributed by atoms with Gasteiger partial charge in [0.25, 0.3) is 6.43 Å². The third-order valence-corrected chi connectivity index (χ3v) is 9.59. The summed E-state index contributed by atoms with van der Waals surface area (Å²) in [5.74, 6) is 0.802. The van der Waals surface area contributed by atoms with Gasteiger partial charge < -0.3 is 19.9 Å². The van der Waals surface area contributed by atoms with Crippen molar-refractivity contribution in [2.75, 3.05) is 38.3 Å². The zero-order chi connectivity index (χ0) is 28.3. The Hall–Kier alpha value is -3.47. The molecule has 11 heteroatoms. The lowest BCUT2D eigenvalue weighted by Gasteiger charge is -2.33. The van der Waals surface area contributed by atoms with Crippen molar-refractivity contribution >= 4 is 17.5 Å². The molecule has 0 radical (unpaired) electrons. The summed E-state index contributed by atoms with van der Waals surface area (Å²) in [6, 6.07) is 3.78. The Kier molecular flexibility index (Phi) is 6.52. The van der Waals surface area contributed by atoms with Gasteiger partial charge in [-0.3, -0.25) is 9.36 Å². The van der Waals surface area contributed by atoms with Crippen molar-refractivity contribution in [2.24, 2.45) is 12.5 Å². The van der Waals surface area contributed by atoms with Crippen LogP contribution in [0.25, 0.3) is 11.1 Å². The van der Waals surface area contributed by atoms with Crippen molar-refractivity contribution in [3.05, 3.63) is 46.9 Å². The fourth-order valence-electron chi connectivity index (χ4n) is 7.33. The summed E-state index contributed by atoms with van der Waals surface area (Å²) < 4.78 is 38.7. The maximum atomic E-state index is 14.5. The van der Waals surface area contributed by atoms with E-state index >= 15 is 0 Å². The van der Waals surface area contributed by atoms with Crippen molar-refractivity contribution in [1.29, 1.82) is 0 Å². The Morgan fingerprint density at radius 3 is 2.83 bits per heavy atom. The highest BCUT2D eigenvalue weighted by Crippen LogP contribution is 2.63. The minimum atomic E-state index is -2.63. The minimum Gasteiger partial charge on any atom is -0.381 e. The van der Waals surface area contributed by atoms with Gasteiger partial charge in [-0.2, -0.15) is 10.2 Å². The molecule has 2 fully saturated rings.